The molecule has 25 heavy (non-hydrogen) atoms. The summed E-state index contributed by atoms with van der Waals surface area (Å²) in [5.41, 5.74) is -0.122. The number of methoxy groups -OCH3 is 1. The number of carbonyl (C=O) groups excluding carboxylic acids is 3. The lowest BCUT2D eigenvalue weighted by Gasteiger charge is -2.22. The Labute approximate surface area is 145 Å². The van der Waals surface area contributed by atoms with Crippen LogP contribution in [0.1, 0.15) is 22.8 Å². The minimum absolute atomic E-state index is 0.289. The van der Waals surface area contributed by atoms with Crippen molar-refractivity contribution in [2.75, 3.05) is 13.7 Å². The van der Waals surface area contributed by atoms with Gasteiger partial charge in [0.15, 0.2) is 5.78 Å². The van der Waals surface area contributed by atoms with Gasteiger partial charge in [0.1, 0.15) is 11.3 Å². The predicted molar refractivity (Wildman–Crippen MR) is 91.4 cm³/mol. The van der Waals surface area contributed by atoms with Crippen LogP contribution in [0.15, 0.2) is 54.6 Å². The number of ether oxygens (including phenoxy) is 1. The summed E-state index contributed by atoms with van der Waals surface area (Å²) in [6, 6.07) is 14.9. The SMILES string of the molecule is COc1ccc([C@]2(C)NC(=O)N(CC(=O)c3ccccc3)C2=O)cc1. The Balaban J connectivity index is 1.82. The molecule has 1 saturated heterocycles. The molecule has 128 valence electrons. The maximum Gasteiger partial charge on any atom is 0.325 e. The molecule has 1 fully saturated rings. The number of nitrogens with zero attached hydrogens (tertiary/aromatic N) is 1. The number of hydrogen-bond acceptors (Lipinski definition) is 4. The second-order valence-corrected chi connectivity index (χ2v) is 5.96. The van der Waals surface area contributed by atoms with E-state index in [1.807, 2.05) is 0 Å². The van der Waals surface area contributed by atoms with Gasteiger partial charge < -0.3 is 10.1 Å². The van der Waals surface area contributed by atoms with E-state index in [1.165, 1.54) is 0 Å². The van der Waals surface area contributed by atoms with Crippen LogP contribution in [0.2, 0.25) is 0 Å². The molecule has 2 aromatic carbocycles. The maximum absolute atomic E-state index is 12.8. The van der Waals surface area contributed by atoms with Crippen molar-refractivity contribution < 1.29 is 19.1 Å². The molecule has 1 aliphatic rings. The van der Waals surface area contributed by atoms with Gasteiger partial charge in [0.2, 0.25) is 0 Å². The number of amides is 3. The van der Waals surface area contributed by atoms with Gasteiger partial charge in [-0.05, 0) is 24.6 Å². The fraction of sp³-hybridized carbons (Fsp3) is 0.211. The second kappa shape index (κ2) is 6.39. The first-order chi connectivity index (χ1) is 12.0. The van der Waals surface area contributed by atoms with E-state index in [0.717, 1.165) is 4.90 Å². The number of hydrogen-bond donors (Lipinski definition) is 1. The zero-order valence-corrected chi connectivity index (χ0v) is 14.0. The van der Waals surface area contributed by atoms with Crippen LogP contribution in [0.3, 0.4) is 0 Å². The molecule has 6 heteroatoms. The van der Waals surface area contributed by atoms with Crippen LogP contribution in [0, 0.1) is 0 Å². The van der Waals surface area contributed by atoms with Gasteiger partial charge in [-0.2, -0.15) is 0 Å². The third-order valence-corrected chi connectivity index (χ3v) is 4.34. The topological polar surface area (TPSA) is 75.7 Å². The van der Waals surface area contributed by atoms with Gasteiger partial charge in [0.05, 0.1) is 13.7 Å². The van der Waals surface area contributed by atoms with Crippen molar-refractivity contribution in [1.29, 1.82) is 0 Å². The van der Waals surface area contributed by atoms with Crippen molar-refractivity contribution in [3.63, 3.8) is 0 Å². The van der Waals surface area contributed by atoms with E-state index in [0.29, 0.717) is 16.9 Å². The van der Waals surface area contributed by atoms with Gasteiger partial charge in [-0.25, -0.2) is 4.79 Å². The van der Waals surface area contributed by atoms with Gasteiger partial charge in [0.25, 0.3) is 5.91 Å². The van der Waals surface area contributed by atoms with Crippen LogP contribution in [-0.2, 0) is 10.3 Å². The first-order valence-corrected chi connectivity index (χ1v) is 7.82. The number of carbonyl (C=O) groups is 3. The summed E-state index contributed by atoms with van der Waals surface area (Å²) in [4.78, 5) is 38.4. The van der Waals surface area contributed by atoms with Gasteiger partial charge in [-0.15, -0.1) is 0 Å². The summed E-state index contributed by atoms with van der Waals surface area (Å²) in [5, 5.41) is 2.69. The Morgan fingerprint density at radius 3 is 2.32 bits per heavy atom. The van der Waals surface area contributed by atoms with E-state index >= 15 is 0 Å². The number of nitrogens with one attached hydrogen (secondary N) is 1. The smallest absolute Gasteiger partial charge is 0.325 e. The van der Waals surface area contributed by atoms with Crippen molar-refractivity contribution in [1.82, 2.24) is 10.2 Å². The summed E-state index contributed by atoms with van der Waals surface area (Å²) in [6.45, 7) is 1.34. The zero-order valence-electron chi connectivity index (χ0n) is 14.0. The molecule has 3 amide bonds. The lowest BCUT2D eigenvalue weighted by Crippen LogP contribution is -2.41. The molecule has 6 nitrogen and oxygen atoms in total. The van der Waals surface area contributed by atoms with E-state index in [1.54, 1.807) is 68.6 Å². The number of imide groups is 1. The first kappa shape index (κ1) is 16.7. The fourth-order valence-corrected chi connectivity index (χ4v) is 2.82. The lowest BCUT2D eigenvalue weighted by molar-refractivity contribution is -0.130. The fourth-order valence-electron chi connectivity index (χ4n) is 2.82. The number of ketones is 1. The summed E-state index contributed by atoms with van der Waals surface area (Å²) in [6.07, 6.45) is 0. The van der Waals surface area contributed by atoms with Gasteiger partial charge in [-0.3, -0.25) is 14.5 Å². The van der Waals surface area contributed by atoms with Crippen LogP contribution in [0.25, 0.3) is 0 Å². The average Bonchev–Trinajstić information content (AvgIpc) is 2.86. The highest BCUT2D eigenvalue weighted by Gasteiger charge is 2.49. The maximum atomic E-state index is 12.8. The average molecular weight is 338 g/mol. The number of urea groups is 1. The van der Waals surface area contributed by atoms with Crippen LogP contribution in [0.4, 0.5) is 4.79 Å². The van der Waals surface area contributed by atoms with Crippen molar-refractivity contribution >= 4 is 17.7 Å². The zero-order chi connectivity index (χ0) is 18.0. The Bertz CT molecular complexity index is 817. The van der Waals surface area contributed by atoms with Crippen LogP contribution in [0.5, 0.6) is 5.75 Å². The molecular weight excluding hydrogens is 320 g/mol. The van der Waals surface area contributed by atoms with Crippen molar-refractivity contribution in [3.8, 4) is 5.75 Å². The number of rotatable bonds is 5. The molecule has 0 unspecified atom stereocenters. The normalized spacial score (nSPS) is 19.7. The van der Waals surface area contributed by atoms with Crippen LogP contribution >= 0.6 is 0 Å². The molecule has 0 radical (unpaired) electrons. The third-order valence-electron chi connectivity index (χ3n) is 4.34. The molecule has 1 N–H and O–H groups in total. The lowest BCUT2D eigenvalue weighted by atomic mass is 9.92. The third kappa shape index (κ3) is 2.98. The summed E-state index contributed by atoms with van der Waals surface area (Å²) in [7, 11) is 1.55. The largest absolute Gasteiger partial charge is 0.497 e. The Kier molecular flexibility index (Phi) is 4.27. The first-order valence-electron chi connectivity index (χ1n) is 7.82. The molecule has 1 aliphatic heterocycles. The van der Waals surface area contributed by atoms with Crippen molar-refractivity contribution in [2.45, 2.75) is 12.5 Å². The van der Waals surface area contributed by atoms with Crippen molar-refractivity contribution in [3.05, 3.63) is 65.7 Å². The van der Waals surface area contributed by atoms with E-state index in [2.05, 4.69) is 5.32 Å². The molecule has 1 atom stereocenters. The monoisotopic (exact) mass is 338 g/mol. The van der Waals surface area contributed by atoms with Crippen LogP contribution < -0.4 is 10.1 Å². The quantitative estimate of drug-likeness (QED) is 0.671. The standard InChI is InChI=1S/C19H18N2O4/c1-19(14-8-10-15(25-2)11-9-14)17(23)21(18(24)20-19)12-16(22)13-6-4-3-5-7-13/h3-11H,12H2,1-2H3,(H,20,24)/t19-/m0/s1. The van der Waals surface area contributed by atoms with E-state index in [9.17, 15) is 14.4 Å². The molecule has 0 bridgehead atoms. The highest BCUT2D eigenvalue weighted by molar-refractivity contribution is 6.11. The van der Waals surface area contributed by atoms with Crippen molar-refractivity contribution in [2.24, 2.45) is 0 Å². The Hall–Kier alpha value is -3.15. The van der Waals surface area contributed by atoms with Crippen LogP contribution in [-0.4, -0.2) is 36.3 Å². The molecule has 2 aromatic rings. The number of Topliss-reactive ketones (excluding diaryl/α,β-unsaturated/α-hetero) is 1. The molecule has 0 aliphatic carbocycles. The Morgan fingerprint density at radius 1 is 1.08 bits per heavy atom. The molecule has 0 spiro atoms. The van der Waals surface area contributed by atoms with E-state index < -0.39 is 17.5 Å². The molecule has 1 heterocycles. The summed E-state index contributed by atoms with van der Waals surface area (Å²) < 4.78 is 5.11. The molecule has 0 aromatic heterocycles. The minimum atomic E-state index is -1.21. The van der Waals surface area contributed by atoms with Gasteiger partial charge in [0, 0.05) is 5.56 Å². The highest BCUT2D eigenvalue weighted by Crippen LogP contribution is 2.30. The summed E-state index contributed by atoms with van der Waals surface area (Å²) in [5.74, 6) is -0.0877. The molecular formula is C19H18N2O4. The highest BCUT2D eigenvalue weighted by atomic mass is 16.5. The van der Waals surface area contributed by atoms with Gasteiger partial charge in [-0.1, -0.05) is 42.5 Å². The summed E-state index contributed by atoms with van der Waals surface area (Å²) >= 11 is 0. The Morgan fingerprint density at radius 2 is 1.72 bits per heavy atom. The molecule has 0 saturated carbocycles. The predicted octanol–water partition coefficient (Wildman–Crippen LogP) is 2.35. The second-order valence-electron chi connectivity index (χ2n) is 5.96. The van der Waals surface area contributed by atoms with E-state index in [4.69, 9.17) is 4.74 Å². The minimum Gasteiger partial charge on any atom is -0.497 e. The molecule has 3 rings (SSSR count). The number of benzene rings is 2. The van der Waals surface area contributed by atoms with Gasteiger partial charge >= 0.3 is 6.03 Å². The van der Waals surface area contributed by atoms with E-state index in [-0.39, 0.29) is 12.3 Å².